The number of hydrogen-bond acceptors (Lipinski definition) is 4. The lowest BCUT2D eigenvalue weighted by atomic mass is 10.2. The summed E-state index contributed by atoms with van der Waals surface area (Å²) in [5.41, 5.74) is 0.0849. The van der Waals surface area contributed by atoms with Gasteiger partial charge < -0.3 is 4.98 Å². The van der Waals surface area contributed by atoms with Gasteiger partial charge in [-0.1, -0.05) is 0 Å². The van der Waals surface area contributed by atoms with Crippen LogP contribution < -0.4 is 11.2 Å². The van der Waals surface area contributed by atoms with Crippen molar-refractivity contribution in [2.45, 2.75) is 0 Å². The SMILES string of the molecule is O=c1cc(-c2ccnnc2)[nH]c(=O)[nH]1. The predicted molar refractivity (Wildman–Crippen MR) is 48.7 cm³/mol. The molecule has 6 nitrogen and oxygen atoms in total. The fourth-order valence-electron chi connectivity index (χ4n) is 1.07. The van der Waals surface area contributed by atoms with Crippen molar-refractivity contribution >= 4 is 0 Å². The van der Waals surface area contributed by atoms with Crippen LogP contribution in [0.1, 0.15) is 0 Å². The van der Waals surface area contributed by atoms with E-state index >= 15 is 0 Å². The van der Waals surface area contributed by atoms with Crippen LogP contribution in [0.2, 0.25) is 0 Å². The highest BCUT2D eigenvalue weighted by Gasteiger charge is 1.99. The fourth-order valence-corrected chi connectivity index (χ4v) is 1.07. The molecule has 0 saturated carbocycles. The van der Waals surface area contributed by atoms with Gasteiger partial charge in [-0.25, -0.2) is 4.79 Å². The highest BCUT2D eigenvalue weighted by atomic mass is 16.2. The van der Waals surface area contributed by atoms with Crippen molar-refractivity contribution in [2.75, 3.05) is 0 Å². The van der Waals surface area contributed by atoms with Crippen molar-refractivity contribution < 1.29 is 0 Å². The number of nitrogens with one attached hydrogen (secondary N) is 2. The van der Waals surface area contributed by atoms with E-state index in [4.69, 9.17) is 0 Å². The number of H-pyrrole nitrogens is 2. The Bertz CT molecular complexity index is 515. The topological polar surface area (TPSA) is 91.5 Å². The quantitative estimate of drug-likeness (QED) is 0.635. The second-order valence-corrected chi connectivity index (χ2v) is 2.63. The molecule has 2 aromatic heterocycles. The average Bonchev–Trinajstić information content (AvgIpc) is 2.18. The Balaban J connectivity index is 2.64. The van der Waals surface area contributed by atoms with Gasteiger partial charge in [0.1, 0.15) is 0 Å². The standard InChI is InChI=1S/C8H6N4O2/c13-7-3-6(11-8(14)12-7)5-1-2-9-10-4-5/h1-4H,(H2,11,12,13,14). The van der Waals surface area contributed by atoms with Crippen LogP contribution in [0.3, 0.4) is 0 Å². The first-order valence-electron chi connectivity index (χ1n) is 3.86. The van der Waals surface area contributed by atoms with Crippen LogP contribution in [0.25, 0.3) is 11.3 Å². The molecule has 0 aliphatic carbocycles. The number of hydrogen-bond donors (Lipinski definition) is 2. The normalized spacial score (nSPS) is 10.0. The van der Waals surface area contributed by atoms with Gasteiger partial charge in [0.25, 0.3) is 5.56 Å². The van der Waals surface area contributed by atoms with E-state index in [9.17, 15) is 9.59 Å². The number of aromatic amines is 2. The van der Waals surface area contributed by atoms with E-state index in [0.717, 1.165) is 0 Å². The first-order valence-corrected chi connectivity index (χ1v) is 3.86. The maximum atomic E-state index is 11.0. The highest BCUT2D eigenvalue weighted by molar-refractivity contribution is 5.55. The van der Waals surface area contributed by atoms with Gasteiger partial charge in [-0.2, -0.15) is 10.2 Å². The Labute approximate surface area is 77.7 Å². The summed E-state index contributed by atoms with van der Waals surface area (Å²) in [5, 5.41) is 7.22. The average molecular weight is 190 g/mol. The first-order chi connectivity index (χ1) is 6.75. The molecule has 0 aliphatic heterocycles. The Morgan fingerprint density at radius 3 is 2.64 bits per heavy atom. The Morgan fingerprint density at radius 1 is 1.14 bits per heavy atom. The summed E-state index contributed by atoms with van der Waals surface area (Å²) in [6, 6.07) is 2.94. The maximum absolute atomic E-state index is 11.0. The zero-order valence-corrected chi connectivity index (χ0v) is 7.02. The molecular weight excluding hydrogens is 184 g/mol. The lowest BCUT2D eigenvalue weighted by Gasteiger charge is -1.97. The second-order valence-electron chi connectivity index (χ2n) is 2.63. The number of nitrogens with zero attached hydrogens (tertiary/aromatic N) is 2. The molecule has 0 radical (unpaired) electrons. The van der Waals surface area contributed by atoms with Crippen molar-refractivity contribution in [3.63, 3.8) is 0 Å². The molecule has 14 heavy (non-hydrogen) atoms. The van der Waals surface area contributed by atoms with Gasteiger partial charge in [-0.05, 0) is 6.07 Å². The predicted octanol–water partition coefficient (Wildman–Crippen LogP) is -0.480. The molecule has 0 fully saturated rings. The van der Waals surface area contributed by atoms with E-state index in [1.54, 1.807) is 6.07 Å². The van der Waals surface area contributed by atoms with Crippen LogP contribution in [0.4, 0.5) is 0 Å². The van der Waals surface area contributed by atoms with Gasteiger partial charge in [0.2, 0.25) is 0 Å². The zero-order valence-electron chi connectivity index (χ0n) is 7.02. The van der Waals surface area contributed by atoms with E-state index < -0.39 is 11.2 Å². The third-order valence-corrected chi connectivity index (χ3v) is 1.66. The Morgan fingerprint density at radius 2 is 2.00 bits per heavy atom. The van der Waals surface area contributed by atoms with Gasteiger partial charge in [-0.15, -0.1) is 0 Å². The molecule has 0 saturated heterocycles. The van der Waals surface area contributed by atoms with Gasteiger partial charge in [0, 0.05) is 11.6 Å². The van der Waals surface area contributed by atoms with E-state index in [-0.39, 0.29) is 0 Å². The van der Waals surface area contributed by atoms with Crippen molar-refractivity contribution in [3.8, 4) is 11.3 Å². The Kier molecular flexibility index (Phi) is 1.94. The molecule has 6 heteroatoms. The van der Waals surface area contributed by atoms with E-state index in [1.165, 1.54) is 18.5 Å². The minimum Gasteiger partial charge on any atom is -0.307 e. The van der Waals surface area contributed by atoms with Crippen molar-refractivity contribution in [1.29, 1.82) is 0 Å². The molecule has 0 atom stereocenters. The van der Waals surface area contributed by atoms with Crippen LogP contribution in [0, 0.1) is 0 Å². The maximum Gasteiger partial charge on any atom is 0.326 e. The molecule has 2 heterocycles. The van der Waals surface area contributed by atoms with Gasteiger partial charge >= 0.3 is 5.69 Å². The molecule has 0 spiro atoms. The second kappa shape index (κ2) is 3.25. The summed E-state index contributed by atoms with van der Waals surface area (Å²) in [6.45, 7) is 0. The lowest BCUT2D eigenvalue weighted by molar-refractivity contribution is 1.01. The van der Waals surface area contributed by atoms with Crippen molar-refractivity contribution in [1.82, 2.24) is 20.2 Å². The zero-order chi connectivity index (χ0) is 9.97. The highest BCUT2D eigenvalue weighted by Crippen LogP contribution is 2.09. The molecule has 0 unspecified atom stereocenters. The molecule has 2 N–H and O–H groups in total. The number of rotatable bonds is 1. The molecular formula is C8H6N4O2. The largest absolute Gasteiger partial charge is 0.326 e. The minimum atomic E-state index is -0.538. The molecule has 2 aromatic rings. The molecule has 0 aliphatic rings. The van der Waals surface area contributed by atoms with E-state index in [2.05, 4.69) is 20.2 Å². The van der Waals surface area contributed by atoms with E-state index in [1.807, 2.05) is 0 Å². The number of aromatic nitrogens is 4. The van der Waals surface area contributed by atoms with Gasteiger partial charge in [-0.3, -0.25) is 9.78 Å². The summed E-state index contributed by atoms with van der Waals surface area (Å²) in [5.74, 6) is 0. The summed E-state index contributed by atoms with van der Waals surface area (Å²) >= 11 is 0. The third kappa shape index (κ3) is 1.58. The fraction of sp³-hybridized carbons (Fsp3) is 0. The Hall–Kier alpha value is -2.24. The van der Waals surface area contributed by atoms with Crippen molar-refractivity contribution in [3.05, 3.63) is 45.4 Å². The molecule has 0 amide bonds. The van der Waals surface area contributed by atoms with Crippen LogP contribution in [-0.4, -0.2) is 20.2 Å². The molecule has 0 bridgehead atoms. The third-order valence-electron chi connectivity index (χ3n) is 1.66. The van der Waals surface area contributed by atoms with Gasteiger partial charge in [0.15, 0.2) is 0 Å². The minimum absolute atomic E-state index is 0.425. The first kappa shape index (κ1) is 8.36. The van der Waals surface area contributed by atoms with Gasteiger partial charge in [0.05, 0.1) is 18.1 Å². The lowest BCUT2D eigenvalue weighted by Crippen LogP contribution is -2.21. The van der Waals surface area contributed by atoms with Crippen LogP contribution in [0.5, 0.6) is 0 Å². The summed E-state index contributed by atoms with van der Waals surface area (Å²) in [4.78, 5) is 26.5. The monoisotopic (exact) mass is 190 g/mol. The molecule has 0 aromatic carbocycles. The van der Waals surface area contributed by atoms with Crippen LogP contribution >= 0.6 is 0 Å². The van der Waals surface area contributed by atoms with E-state index in [0.29, 0.717) is 11.3 Å². The summed E-state index contributed by atoms with van der Waals surface area (Å²) < 4.78 is 0. The summed E-state index contributed by atoms with van der Waals surface area (Å²) in [7, 11) is 0. The smallest absolute Gasteiger partial charge is 0.307 e. The van der Waals surface area contributed by atoms with Crippen LogP contribution in [0.15, 0.2) is 34.1 Å². The molecule has 2 rings (SSSR count). The van der Waals surface area contributed by atoms with Crippen LogP contribution in [-0.2, 0) is 0 Å². The molecule has 70 valence electrons. The van der Waals surface area contributed by atoms with Crippen molar-refractivity contribution in [2.24, 2.45) is 0 Å². The summed E-state index contributed by atoms with van der Waals surface area (Å²) in [6.07, 6.45) is 2.94.